The third-order valence-corrected chi connectivity index (χ3v) is 3.87. The van der Waals surface area contributed by atoms with E-state index in [1.807, 2.05) is 24.3 Å². The molecule has 0 aliphatic carbocycles. The maximum Gasteiger partial charge on any atom is 0.335 e. The SMILES string of the molecule is O=C(O)c1ccc(Nc2ccnc(Nc3ccccc3Br)n2)cc1. The van der Waals surface area contributed by atoms with Crippen LogP contribution in [0.25, 0.3) is 0 Å². The normalized spacial score (nSPS) is 10.2. The number of hydrogen-bond donors (Lipinski definition) is 3. The molecule has 1 aromatic heterocycles. The van der Waals surface area contributed by atoms with Crippen LogP contribution >= 0.6 is 15.9 Å². The predicted molar refractivity (Wildman–Crippen MR) is 96.1 cm³/mol. The summed E-state index contributed by atoms with van der Waals surface area (Å²) >= 11 is 3.46. The molecule has 3 N–H and O–H groups in total. The second-order valence-corrected chi connectivity index (χ2v) is 5.73. The van der Waals surface area contributed by atoms with Crippen LogP contribution in [-0.4, -0.2) is 21.0 Å². The topological polar surface area (TPSA) is 87.1 Å². The standard InChI is InChI=1S/C17H13BrN4O2/c18-13-3-1-2-4-14(13)21-17-19-10-9-15(22-17)20-12-7-5-11(6-8-12)16(23)24/h1-10H,(H,23,24)(H2,19,20,21,22). The lowest BCUT2D eigenvalue weighted by Gasteiger charge is -2.09. The first-order chi connectivity index (χ1) is 11.6. The minimum Gasteiger partial charge on any atom is -0.478 e. The molecule has 0 spiro atoms. The predicted octanol–water partition coefficient (Wildman–Crippen LogP) is 4.42. The first-order valence-electron chi connectivity index (χ1n) is 7.07. The first kappa shape index (κ1) is 15.9. The Bertz CT molecular complexity index is 868. The van der Waals surface area contributed by atoms with E-state index in [1.54, 1.807) is 24.4 Å². The molecule has 1 heterocycles. The Kier molecular flexibility index (Phi) is 4.72. The fraction of sp³-hybridized carbons (Fsp3) is 0. The summed E-state index contributed by atoms with van der Waals surface area (Å²) in [5.74, 6) is 0.0974. The summed E-state index contributed by atoms with van der Waals surface area (Å²) in [4.78, 5) is 19.4. The zero-order valence-electron chi connectivity index (χ0n) is 12.4. The van der Waals surface area contributed by atoms with Crippen LogP contribution in [0, 0.1) is 0 Å². The molecule has 0 saturated heterocycles. The van der Waals surface area contributed by atoms with Gasteiger partial charge in [0, 0.05) is 16.4 Å². The average Bonchev–Trinajstić information content (AvgIpc) is 2.58. The van der Waals surface area contributed by atoms with Crippen molar-refractivity contribution in [1.82, 2.24) is 9.97 Å². The third-order valence-electron chi connectivity index (χ3n) is 3.18. The van der Waals surface area contributed by atoms with Crippen molar-refractivity contribution in [3.05, 3.63) is 70.8 Å². The fourth-order valence-electron chi connectivity index (χ4n) is 2.02. The van der Waals surface area contributed by atoms with E-state index in [9.17, 15) is 4.79 Å². The van der Waals surface area contributed by atoms with Crippen molar-refractivity contribution < 1.29 is 9.90 Å². The summed E-state index contributed by atoms with van der Waals surface area (Å²) in [6.45, 7) is 0. The molecule has 6 nitrogen and oxygen atoms in total. The van der Waals surface area contributed by atoms with Gasteiger partial charge in [0.2, 0.25) is 5.95 Å². The van der Waals surface area contributed by atoms with Crippen molar-refractivity contribution in [2.45, 2.75) is 0 Å². The minimum absolute atomic E-state index is 0.236. The zero-order valence-corrected chi connectivity index (χ0v) is 14.0. The van der Waals surface area contributed by atoms with Gasteiger partial charge in [0.1, 0.15) is 5.82 Å². The maximum absolute atomic E-state index is 10.9. The number of aromatic nitrogens is 2. The monoisotopic (exact) mass is 384 g/mol. The molecular formula is C17H13BrN4O2. The lowest BCUT2D eigenvalue weighted by molar-refractivity contribution is 0.0697. The third kappa shape index (κ3) is 3.88. The van der Waals surface area contributed by atoms with Gasteiger partial charge in [-0.05, 0) is 58.4 Å². The van der Waals surface area contributed by atoms with E-state index >= 15 is 0 Å². The summed E-state index contributed by atoms with van der Waals surface area (Å²) in [5.41, 5.74) is 1.84. The number of rotatable bonds is 5. The molecule has 0 aliphatic rings. The van der Waals surface area contributed by atoms with E-state index in [4.69, 9.17) is 5.11 Å². The van der Waals surface area contributed by atoms with E-state index in [0.29, 0.717) is 11.8 Å². The van der Waals surface area contributed by atoms with Gasteiger partial charge in [-0.1, -0.05) is 12.1 Å². The molecule has 0 radical (unpaired) electrons. The van der Waals surface area contributed by atoms with Crippen LogP contribution in [0.5, 0.6) is 0 Å². The first-order valence-corrected chi connectivity index (χ1v) is 7.86. The Morgan fingerprint density at radius 2 is 1.75 bits per heavy atom. The molecule has 0 amide bonds. The van der Waals surface area contributed by atoms with Gasteiger partial charge in [-0.25, -0.2) is 9.78 Å². The molecule has 0 aliphatic heterocycles. The second kappa shape index (κ2) is 7.10. The van der Waals surface area contributed by atoms with Gasteiger partial charge < -0.3 is 15.7 Å². The van der Waals surface area contributed by atoms with Crippen molar-refractivity contribution in [1.29, 1.82) is 0 Å². The van der Waals surface area contributed by atoms with Crippen LogP contribution in [0.4, 0.5) is 23.1 Å². The van der Waals surface area contributed by atoms with Crippen LogP contribution in [0.1, 0.15) is 10.4 Å². The number of benzene rings is 2. The van der Waals surface area contributed by atoms with Gasteiger partial charge in [-0.3, -0.25) is 0 Å². The highest BCUT2D eigenvalue weighted by Crippen LogP contribution is 2.24. The van der Waals surface area contributed by atoms with Crippen molar-refractivity contribution in [2.75, 3.05) is 10.6 Å². The number of anilines is 4. The van der Waals surface area contributed by atoms with Crippen molar-refractivity contribution >= 4 is 45.0 Å². The average molecular weight is 385 g/mol. The number of hydrogen-bond acceptors (Lipinski definition) is 5. The molecule has 0 unspecified atom stereocenters. The highest BCUT2D eigenvalue weighted by molar-refractivity contribution is 9.10. The van der Waals surface area contributed by atoms with Crippen LogP contribution in [-0.2, 0) is 0 Å². The number of carbonyl (C=O) groups is 1. The molecule has 0 fully saturated rings. The van der Waals surface area contributed by atoms with Gasteiger partial charge in [0.05, 0.1) is 11.3 Å². The molecule has 0 saturated carbocycles. The summed E-state index contributed by atoms with van der Waals surface area (Å²) < 4.78 is 0.913. The van der Waals surface area contributed by atoms with Crippen LogP contribution < -0.4 is 10.6 Å². The summed E-state index contributed by atoms with van der Waals surface area (Å²) in [6.07, 6.45) is 1.64. The lowest BCUT2D eigenvalue weighted by Crippen LogP contribution is -2.01. The van der Waals surface area contributed by atoms with E-state index < -0.39 is 5.97 Å². The smallest absolute Gasteiger partial charge is 0.335 e. The Hall–Kier alpha value is -2.93. The Morgan fingerprint density at radius 1 is 1.00 bits per heavy atom. The number of carboxylic acids is 1. The second-order valence-electron chi connectivity index (χ2n) is 4.88. The van der Waals surface area contributed by atoms with Crippen molar-refractivity contribution in [2.24, 2.45) is 0 Å². The number of aromatic carboxylic acids is 1. The highest BCUT2D eigenvalue weighted by atomic mass is 79.9. The molecule has 0 atom stereocenters. The van der Waals surface area contributed by atoms with Gasteiger partial charge in [-0.15, -0.1) is 0 Å². The van der Waals surface area contributed by atoms with E-state index in [2.05, 4.69) is 36.5 Å². The zero-order chi connectivity index (χ0) is 16.9. The van der Waals surface area contributed by atoms with E-state index in [-0.39, 0.29) is 5.56 Å². The van der Waals surface area contributed by atoms with Gasteiger partial charge in [0.25, 0.3) is 0 Å². The maximum atomic E-state index is 10.9. The Morgan fingerprint density at radius 3 is 2.46 bits per heavy atom. The van der Waals surface area contributed by atoms with Crippen LogP contribution in [0.3, 0.4) is 0 Å². The highest BCUT2D eigenvalue weighted by Gasteiger charge is 2.05. The summed E-state index contributed by atoms with van der Waals surface area (Å²) in [7, 11) is 0. The Labute approximate surface area is 146 Å². The molecule has 2 aromatic carbocycles. The molecular weight excluding hydrogens is 372 g/mol. The van der Waals surface area contributed by atoms with Crippen LogP contribution in [0.2, 0.25) is 0 Å². The fourth-order valence-corrected chi connectivity index (χ4v) is 2.40. The number of carboxylic acid groups (broad SMARTS) is 1. The van der Waals surface area contributed by atoms with Crippen molar-refractivity contribution in [3.63, 3.8) is 0 Å². The molecule has 24 heavy (non-hydrogen) atoms. The number of nitrogens with zero attached hydrogens (tertiary/aromatic N) is 2. The summed E-state index contributed by atoms with van der Waals surface area (Å²) in [5, 5.41) is 15.2. The molecule has 0 bridgehead atoms. The van der Waals surface area contributed by atoms with Gasteiger partial charge in [0.15, 0.2) is 0 Å². The lowest BCUT2D eigenvalue weighted by atomic mass is 10.2. The van der Waals surface area contributed by atoms with E-state index in [0.717, 1.165) is 15.8 Å². The molecule has 3 aromatic rings. The van der Waals surface area contributed by atoms with E-state index in [1.165, 1.54) is 12.1 Å². The number of halogens is 1. The quantitative estimate of drug-likeness (QED) is 0.603. The molecule has 3 rings (SSSR count). The molecule has 120 valence electrons. The van der Waals surface area contributed by atoms with Crippen molar-refractivity contribution in [3.8, 4) is 0 Å². The molecule has 7 heteroatoms. The van der Waals surface area contributed by atoms with Gasteiger partial charge in [-0.2, -0.15) is 4.98 Å². The largest absolute Gasteiger partial charge is 0.478 e. The number of nitrogens with one attached hydrogen (secondary N) is 2. The Balaban J connectivity index is 1.75. The van der Waals surface area contributed by atoms with Crippen LogP contribution in [0.15, 0.2) is 65.3 Å². The summed E-state index contributed by atoms with van der Waals surface area (Å²) in [6, 6.07) is 15.9. The van der Waals surface area contributed by atoms with Gasteiger partial charge >= 0.3 is 5.97 Å². The minimum atomic E-state index is -0.955. The number of para-hydroxylation sites is 1.